The van der Waals surface area contributed by atoms with Gasteiger partial charge in [-0.3, -0.25) is 0 Å². The summed E-state index contributed by atoms with van der Waals surface area (Å²) in [6.45, 7) is 4.09. The topological polar surface area (TPSA) is 52.3 Å². The van der Waals surface area contributed by atoms with Crippen molar-refractivity contribution in [3.05, 3.63) is 18.4 Å². The minimum atomic E-state index is -0.495. The molecule has 1 rings (SSSR count). The molecule has 0 radical (unpaired) electrons. The van der Waals surface area contributed by atoms with Gasteiger partial charge in [0.25, 0.3) is 0 Å². The first-order chi connectivity index (χ1) is 5.99. The van der Waals surface area contributed by atoms with Crippen LogP contribution >= 0.6 is 15.9 Å². The molecule has 5 heteroatoms. The molecule has 0 aliphatic rings. The quantitative estimate of drug-likeness (QED) is 0.606. The molecule has 4 nitrogen and oxygen atoms in total. The van der Waals surface area contributed by atoms with Crippen LogP contribution in [0.15, 0.2) is 17.0 Å². The molecule has 0 saturated heterocycles. The monoisotopic (exact) mass is 247 g/mol. The van der Waals surface area contributed by atoms with Crippen molar-refractivity contribution in [3.63, 3.8) is 0 Å². The van der Waals surface area contributed by atoms with E-state index in [-0.39, 0.29) is 16.7 Å². The molecule has 1 aromatic rings. The summed E-state index contributed by atoms with van der Waals surface area (Å²) in [7, 11) is 0. The summed E-state index contributed by atoms with van der Waals surface area (Å²) >= 11 is 3.35. The fraction of sp³-hybridized carbons (Fsp3) is 0.500. The van der Waals surface area contributed by atoms with E-state index in [2.05, 4.69) is 20.9 Å². The number of hydrogen-bond donors (Lipinski definition) is 0. The van der Waals surface area contributed by atoms with E-state index < -0.39 is 5.97 Å². The van der Waals surface area contributed by atoms with Crippen molar-refractivity contribution >= 4 is 21.9 Å². The highest BCUT2D eigenvalue weighted by atomic mass is 79.9. The number of carbonyl (C=O) groups is 1. The minimum absolute atomic E-state index is 0.122. The van der Waals surface area contributed by atoms with Crippen molar-refractivity contribution in [1.82, 2.24) is 4.98 Å². The minimum Gasteiger partial charge on any atom is -0.458 e. The predicted octanol–water partition coefficient (Wildman–Crippen LogP) is 2.00. The van der Waals surface area contributed by atoms with Gasteiger partial charge in [-0.05, 0) is 13.8 Å². The van der Waals surface area contributed by atoms with Gasteiger partial charge in [0, 0.05) is 0 Å². The normalized spacial score (nSPS) is 11.3. The third kappa shape index (κ3) is 3.59. The summed E-state index contributed by atoms with van der Waals surface area (Å²) < 4.78 is 9.47. The second kappa shape index (κ2) is 3.91. The maximum atomic E-state index is 11.2. The number of rotatable bonds is 3. The van der Waals surface area contributed by atoms with Gasteiger partial charge in [0.1, 0.15) is 6.61 Å². The molecule has 0 N–H and O–H groups in total. The van der Waals surface area contributed by atoms with Crippen LogP contribution in [0.25, 0.3) is 0 Å². The Morgan fingerprint density at radius 2 is 2.46 bits per heavy atom. The Morgan fingerprint density at radius 3 is 2.92 bits per heavy atom. The van der Waals surface area contributed by atoms with Gasteiger partial charge in [-0.1, -0.05) is 15.9 Å². The molecule has 0 aromatic carbocycles. The van der Waals surface area contributed by atoms with Crippen molar-refractivity contribution in [2.45, 2.75) is 18.2 Å². The third-order valence-electron chi connectivity index (χ3n) is 1.18. The van der Waals surface area contributed by atoms with Crippen molar-refractivity contribution in [3.8, 4) is 0 Å². The molecule has 1 heterocycles. The van der Waals surface area contributed by atoms with Crippen LogP contribution < -0.4 is 0 Å². The summed E-state index contributed by atoms with van der Waals surface area (Å²) in [5.74, 6) is -0.373. The van der Waals surface area contributed by atoms with E-state index in [1.807, 2.05) is 13.8 Å². The Morgan fingerprint density at radius 1 is 1.77 bits per heavy atom. The third-order valence-corrected chi connectivity index (χ3v) is 1.41. The van der Waals surface area contributed by atoms with Gasteiger partial charge < -0.3 is 9.15 Å². The Bertz CT molecular complexity index is 276. The lowest BCUT2D eigenvalue weighted by atomic mass is 10.2. The molecule has 13 heavy (non-hydrogen) atoms. The second-order valence-corrected chi connectivity index (χ2v) is 5.31. The molecule has 0 amide bonds. The van der Waals surface area contributed by atoms with E-state index >= 15 is 0 Å². The lowest BCUT2D eigenvalue weighted by Crippen LogP contribution is -2.21. The summed E-state index contributed by atoms with van der Waals surface area (Å²) in [4.78, 5) is 14.8. The van der Waals surface area contributed by atoms with Crippen LogP contribution in [0.2, 0.25) is 0 Å². The highest BCUT2D eigenvalue weighted by Gasteiger charge is 2.18. The van der Waals surface area contributed by atoms with Gasteiger partial charge in [-0.2, -0.15) is 0 Å². The maximum absolute atomic E-state index is 11.2. The van der Waals surface area contributed by atoms with Crippen LogP contribution in [0.4, 0.5) is 0 Å². The number of esters is 1. The Balaban J connectivity index is 2.44. The summed E-state index contributed by atoms with van der Waals surface area (Å²) in [5, 5.41) is 0. The van der Waals surface area contributed by atoms with Crippen LogP contribution in [0.5, 0.6) is 0 Å². The molecular weight excluding hydrogens is 238 g/mol. The van der Waals surface area contributed by atoms with Crippen LogP contribution in [0.1, 0.15) is 24.4 Å². The summed E-state index contributed by atoms with van der Waals surface area (Å²) in [5.41, 5.74) is 0. The number of ether oxygens (including phenoxy) is 1. The van der Waals surface area contributed by atoms with Crippen molar-refractivity contribution in [1.29, 1.82) is 0 Å². The number of alkyl halides is 1. The number of halogens is 1. The zero-order chi connectivity index (χ0) is 9.90. The molecule has 0 unspecified atom stereocenters. The Hall–Kier alpha value is -0.840. The fourth-order valence-corrected chi connectivity index (χ4v) is 0.739. The zero-order valence-corrected chi connectivity index (χ0v) is 9.00. The number of aromatic nitrogens is 1. The highest BCUT2D eigenvalue weighted by molar-refractivity contribution is 9.10. The average molecular weight is 248 g/mol. The summed E-state index contributed by atoms with van der Waals surface area (Å²) in [6.07, 6.45) is 2.51. The molecule has 0 atom stereocenters. The van der Waals surface area contributed by atoms with Gasteiger partial charge in [-0.15, -0.1) is 0 Å². The van der Waals surface area contributed by atoms with Crippen molar-refractivity contribution in [2.24, 2.45) is 0 Å². The smallest absolute Gasteiger partial charge is 0.376 e. The number of hydrogen-bond acceptors (Lipinski definition) is 4. The largest absolute Gasteiger partial charge is 0.458 e. The molecule has 0 aliphatic heterocycles. The van der Waals surface area contributed by atoms with Gasteiger partial charge in [0.2, 0.25) is 5.76 Å². The van der Waals surface area contributed by atoms with Gasteiger partial charge >= 0.3 is 5.97 Å². The fourth-order valence-electron chi connectivity index (χ4n) is 0.625. The Labute approximate surface area is 84.4 Å². The van der Waals surface area contributed by atoms with Crippen LogP contribution in [-0.2, 0) is 4.74 Å². The average Bonchev–Trinajstić information content (AvgIpc) is 2.50. The number of nitrogens with zero attached hydrogens (tertiary/aromatic N) is 1. The second-order valence-electron chi connectivity index (χ2n) is 3.16. The molecule has 0 bridgehead atoms. The van der Waals surface area contributed by atoms with E-state index in [1.54, 1.807) is 0 Å². The molecule has 0 fully saturated rings. The van der Waals surface area contributed by atoms with E-state index in [9.17, 15) is 4.79 Å². The number of oxazole rings is 1. The van der Waals surface area contributed by atoms with Gasteiger partial charge in [0.05, 0.1) is 10.5 Å². The first kappa shape index (κ1) is 10.2. The van der Waals surface area contributed by atoms with E-state index in [0.717, 1.165) is 0 Å². The van der Waals surface area contributed by atoms with Gasteiger partial charge in [0.15, 0.2) is 6.39 Å². The molecule has 0 aliphatic carbocycles. The van der Waals surface area contributed by atoms with Crippen molar-refractivity contribution in [2.75, 3.05) is 6.61 Å². The highest BCUT2D eigenvalue weighted by Crippen LogP contribution is 2.16. The molecule has 72 valence electrons. The lowest BCUT2D eigenvalue weighted by Gasteiger charge is -2.14. The molecule has 0 saturated carbocycles. The Kier molecular flexibility index (Phi) is 3.08. The zero-order valence-electron chi connectivity index (χ0n) is 7.41. The predicted molar refractivity (Wildman–Crippen MR) is 49.8 cm³/mol. The summed E-state index contributed by atoms with van der Waals surface area (Å²) in [6, 6.07) is 0. The number of carbonyl (C=O) groups excluding carboxylic acids is 1. The first-order valence-electron chi connectivity index (χ1n) is 3.73. The van der Waals surface area contributed by atoms with Crippen molar-refractivity contribution < 1.29 is 13.9 Å². The van der Waals surface area contributed by atoms with E-state index in [1.165, 1.54) is 12.6 Å². The standard InChI is InChI=1S/C8H10BrNO3/c1-8(2,9)4-12-7(11)6-3-10-5-13-6/h3,5H,4H2,1-2H3. The lowest BCUT2D eigenvalue weighted by molar-refractivity contribution is 0.0444. The van der Waals surface area contributed by atoms with Crippen LogP contribution in [0, 0.1) is 0 Å². The van der Waals surface area contributed by atoms with Gasteiger partial charge in [-0.25, -0.2) is 9.78 Å². The van der Waals surface area contributed by atoms with Crippen LogP contribution in [0.3, 0.4) is 0 Å². The first-order valence-corrected chi connectivity index (χ1v) is 4.53. The van der Waals surface area contributed by atoms with E-state index in [4.69, 9.17) is 9.15 Å². The van der Waals surface area contributed by atoms with E-state index in [0.29, 0.717) is 0 Å². The van der Waals surface area contributed by atoms with Crippen LogP contribution in [-0.4, -0.2) is 21.9 Å². The molecular formula is C8H10BrNO3. The maximum Gasteiger partial charge on any atom is 0.376 e. The molecule has 1 aromatic heterocycles. The molecule has 0 spiro atoms. The SMILES string of the molecule is CC(C)(Br)COC(=O)c1cnco1.